The SMILES string of the molecule is CCCCN(C)C(=O)C1CCN(Cc2nc3ccccc3n2-c2cccc(Br)c2)CC1. The lowest BCUT2D eigenvalue weighted by molar-refractivity contribution is -0.135. The fourth-order valence-corrected chi connectivity index (χ4v) is 4.83. The first-order chi connectivity index (χ1) is 15.1. The summed E-state index contributed by atoms with van der Waals surface area (Å²) in [4.78, 5) is 22.1. The number of likely N-dealkylation sites (tertiary alicyclic amines) is 1. The molecule has 164 valence electrons. The van der Waals surface area contributed by atoms with Crippen LogP contribution in [0, 0.1) is 5.92 Å². The number of carbonyl (C=O) groups excluding carboxylic acids is 1. The van der Waals surface area contributed by atoms with E-state index in [1.165, 1.54) is 0 Å². The standard InChI is InChI=1S/C25H31BrN4O/c1-3-4-14-28(2)25(31)19-12-15-29(16-13-19)18-24-27-22-10-5-6-11-23(22)30(24)21-9-7-8-20(26)17-21/h5-11,17,19H,3-4,12-16,18H2,1-2H3. The molecule has 1 aromatic heterocycles. The third-order valence-corrected chi connectivity index (χ3v) is 6.72. The first-order valence-electron chi connectivity index (χ1n) is 11.3. The van der Waals surface area contributed by atoms with Crippen LogP contribution in [0.4, 0.5) is 0 Å². The Morgan fingerprint density at radius 2 is 1.94 bits per heavy atom. The lowest BCUT2D eigenvalue weighted by Crippen LogP contribution is -2.41. The molecule has 6 heteroatoms. The van der Waals surface area contributed by atoms with Gasteiger partial charge in [-0.2, -0.15) is 0 Å². The van der Waals surface area contributed by atoms with Gasteiger partial charge in [-0.1, -0.05) is 47.5 Å². The minimum Gasteiger partial charge on any atom is -0.346 e. The molecule has 2 heterocycles. The molecule has 0 spiro atoms. The molecular weight excluding hydrogens is 452 g/mol. The van der Waals surface area contributed by atoms with Gasteiger partial charge in [0.05, 0.1) is 17.6 Å². The maximum atomic E-state index is 12.7. The van der Waals surface area contributed by atoms with Gasteiger partial charge in [-0.3, -0.25) is 14.3 Å². The molecule has 2 aromatic carbocycles. The summed E-state index contributed by atoms with van der Waals surface area (Å²) in [6.45, 7) is 5.68. The van der Waals surface area contributed by atoms with E-state index in [0.717, 1.165) is 78.9 Å². The zero-order valence-electron chi connectivity index (χ0n) is 18.4. The van der Waals surface area contributed by atoms with E-state index in [1.807, 2.05) is 24.1 Å². The number of para-hydroxylation sites is 2. The summed E-state index contributed by atoms with van der Waals surface area (Å²) >= 11 is 3.60. The van der Waals surface area contributed by atoms with Gasteiger partial charge in [0.15, 0.2) is 0 Å². The van der Waals surface area contributed by atoms with Crippen LogP contribution in [0.1, 0.15) is 38.4 Å². The van der Waals surface area contributed by atoms with Crippen LogP contribution in [-0.2, 0) is 11.3 Å². The van der Waals surface area contributed by atoms with Crippen molar-refractivity contribution in [1.82, 2.24) is 19.4 Å². The van der Waals surface area contributed by atoms with Gasteiger partial charge in [0, 0.05) is 29.7 Å². The third kappa shape index (κ3) is 5.01. The molecule has 0 unspecified atom stereocenters. The number of amides is 1. The van der Waals surface area contributed by atoms with Crippen molar-refractivity contribution in [2.75, 3.05) is 26.7 Å². The number of nitrogens with zero attached hydrogens (tertiary/aromatic N) is 4. The third-order valence-electron chi connectivity index (χ3n) is 6.22. The minimum atomic E-state index is 0.155. The molecule has 0 bridgehead atoms. The summed E-state index contributed by atoms with van der Waals surface area (Å²) in [6.07, 6.45) is 4.04. The topological polar surface area (TPSA) is 41.4 Å². The monoisotopic (exact) mass is 482 g/mol. The molecule has 1 fully saturated rings. The zero-order chi connectivity index (χ0) is 21.8. The number of carbonyl (C=O) groups is 1. The molecule has 0 aliphatic carbocycles. The van der Waals surface area contributed by atoms with Gasteiger partial charge in [0.1, 0.15) is 5.82 Å². The number of benzene rings is 2. The van der Waals surface area contributed by atoms with Gasteiger partial charge >= 0.3 is 0 Å². The van der Waals surface area contributed by atoms with Crippen molar-refractivity contribution in [2.24, 2.45) is 5.92 Å². The second-order valence-corrected chi connectivity index (χ2v) is 9.41. The Balaban J connectivity index is 1.49. The van der Waals surface area contributed by atoms with Crippen molar-refractivity contribution in [1.29, 1.82) is 0 Å². The Bertz CT molecular complexity index is 1040. The van der Waals surface area contributed by atoms with Gasteiger partial charge in [0.2, 0.25) is 5.91 Å². The second kappa shape index (κ2) is 9.96. The molecule has 4 rings (SSSR count). The van der Waals surface area contributed by atoms with Crippen LogP contribution in [0.25, 0.3) is 16.7 Å². The van der Waals surface area contributed by atoms with Crippen LogP contribution in [0.2, 0.25) is 0 Å². The van der Waals surface area contributed by atoms with Crippen LogP contribution in [0.15, 0.2) is 53.0 Å². The predicted octanol–water partition coefficient (Wildman–Crippen LogP) is 5.26. The van der Waals surface area contributed by atoms with E-state index in [1.54, 1.807) is 0 Å². The number of piperidine rings is 1. The first kappa shape index (κ1) is 22.0. The molecule has 0 atom stereocenters. The van der Waals surface area contributed by atoms with Crippen LogP contribution >= 0.6 is 15.9 Å². The highest BCUT2D eigenvalue weighted by Crippen LogP contribution is 2.26. The van der Waals surface area contributed by atoms with E-state index < -0.39 is 0 Å². The lowest BCUT2D eigenvalue weighted by atomic mass is 9.95. The number of imidazole rings is 1. The van der Waals surface area contributed by atoms with Crippen molar-refractivity contribution in [3.63, 3.8) is 0 Å². The summed E-state index contributed by atoms with van der Waals surface area (Å²) in [5.74, 6) is 1.51. The number of hydrogen-bond acceptors (Lipinski definition) is 3. The number of unbranched alkanes of at least 4 members (excludes halogenated alkanes) is 1. The van der Waals surface area contributed by atoms with Gasteiger partial charge in [-0.25, -0.2) is 4.98 Å². The molecule has 5 nitrogen and oxygen atoms in total. The van der Waals surface area contributed by atoms with Crippen molar-refractivity contribution < 1.29 is 4.79 Å². The average Bonchev–Trinajstić information content (AvgIpc) is 3.15. The maximum absolute atomic E-state index is 12.7. The van der Waals surface area contributed by atoms with Crippen molar-refractivity contribution in [3.05, 3.63) is 58.8 Å². The van der Waals surface area contributed by atoms with Crippen molar-refractivity contribution in [2.45, 2.75) is 39.2 Å². The maximum Gasteiger partial charge on any atom is 0.225 e. The average molecular weight is 483 g/mol. The summed E-state index contributed by atoms with van der Waals surface area (Å²) in [6, 6.07) is 16.7. The highest BCUT2D eigenvalue weighted by molar-refractivity contribution is 9.10. The number of fused-ring (bicyclic) bond motifs is 1. The van der Waals surface area contributed by atoms with E-state index in [4.69, 9.17) is 4.98 Å². The molecule has 3 aromatic rings. The van der Waals surface area contributed by atoms with Crippen LogP contribution in [0.5, 0.6) is 0 Å². The van der Waals surface area contributed by atoms with Crippen LogP contribution in [0.3, 0.4) is 0 Å². The molecule has 0 saturated carbocycles. The van der Waals surface area contributed by atoms with Gasteiger partial charge < -0.3 is 4.90 Å². The molecule has 1 aliphatic heterocycles. The Morgan fingerprint density at radius 1 is 1.16 bits per heavy atom. The van der Waals surface area contributed by atoms with E-state index in [9.17, 15) is 4.79 Å². The molecule has 0 N–H and O–H groups in total. The summed E-state index contributed by atoms with van der Waals surface area (Å²) in [5, 5.41) is 0. The Hall–Kier alpha value is -2.18. The van der Waals surface area contributed by atoms with E-state index in [0.29, 0.717) is 5.91 Å². The van der Waals surface area contributed by atoms with Crippen LogP contribution in [-0.4, -0.2) is 51.9 Å². The molecular formula is C25H31BrN4O. The Kier molecular flexibility index (Phi) is 7.08. The van der Waals surface area contributed by atoms with Gasteiger partial charge in [0.25, 0.3) is 0 Å². The molecule has 0 radical (unpaired) electrons. The second-order valence-electron chi connectivity index (χ2n) is 8.50. The predicted molar refractivity (Wildman–Crippen MR) is 129 cm³/mol. The fourth-order valence-electron chi connectivity index (χ4n) is 4.44. The highest BCUT2D eigenvalue weighted by atomic mass is 79.9. The lowest BCUT2D eigenvalue weighted by Gasteiger charge is -2.33. The summed E-state index contributed by atoms with van der Waals surface area (Å²) in [5.41, 5.74) is 3.25. The van der Waals surface area contributed by atoms with E-state index >= 15 is 0 Å². The Labute approximate surface area is 193 Å². The number of aromatic nitrogens is 2. The molecule has 1 saturated heterocycles. The normalized spacial score (nSPS) is 15.5. The van der Waals surface area contributed by atoms with Crippen LogP contribution < -0.4 is 0 Å². The van der Waals surface area contributed by atoms with E-state index in [2.05, 4.69) is 68.7 Å². The number of hydrogen-bond donors (Lipinski definition) is 0. The van der Waals surface area contributed by atoms with Crippen molar-refractivity contribution in [3.8, 4) is 5.69 Å². The van der Waals surface area contributed by atoms with Crippen molar-refractivity contribution >= 4 is 32.9 Å². The molecule has 1 amide bonds. The quantitative estimate of drug-likeness (QED) is 0.461. The number of rotatable bonds is 7. The fraction of sp³-hybridized carbons (Fsp3) is 0.440. The Morgan fingerprint density at radius 3 is 2.68 bits per heavy atom. The number of halogens is 1. The molecule has 1 aliphatic rings. The summed E-state index contributed by atoms with van der Waals surface area (Å²) < 4.78 is 3.32. The van der Waals surface area contributed by atoms with Gasteiger partial charge in [-0.15, -0.1) is 0 Å². The first-order valence-corrected chi connectivity index (χ1v) is 12.1. The van der Waals surface area contributed by atoms with Gasteiger partial charge in [-0.05, 0) is 62.7 Å². The minimum absolute atomic E-state index is 0.155. The highest BCUT2D eigenvalue weighted by Gasteiger charge is 2.28. The molecule has 31 heavy (non-hydrogen) atoms. The zero-order valence-corrected chi connectivity index (χ0v) is 20.0. The summed E-state index contributed by atoms with van der Waals surface area (Å²) in [7, 11) is 1.95. The smallest absolute Gasteiger partial charge is 0.225 e. The van der Waals surface area contributed by atoms with E-state index in [-0.39, 0.29) is 5.92 Å². The largest absolute Gasteiger partial charge is 0.346 e.